The Bertz CT molecular complexity index is 427. The van der Waals surface area contributed by atoms with Crippen molar-refractivity contribution in [3.63, 3.8) is 0 Å². The highest BCUT2D eigenvalue weighted by molar-refractivity contribution is 9.10. The highest BCUT2D eigenvalue weighted by atomic mass is 79.9. The summed E-state index contributed by atoms with van der Waals surface area (Å²) in [7, 11) is 0. The molecule has 5 heteroatoms. The van der Waals surface area contributed by atoms with E-state index >= 15 is 0 Å². The number of hydrogen-bond donors (Lipinski definition) is 0. The number of rotatable bonds is 1. The molecule has 1 amide bonds. The van der Waals surface area contributed by atoms with Crippen LogP contribution in [0.1, 0.15) is 12.0 Å². The minimum absolute atomic E-state index is 0.105. The van der Waals surface area contributed by atoms with E-state index in [0.29, 0.717) is 18.0 Å². The summed E-state index contributed by atoms with van der Waals surface area (Å²) in [5.41, 5.74) is 1.85. The molecule has 1 aliphatic rings. The van der Waals surface area contributed by atoms with Gasteiger partial charge in [-0.25, -0.2) is 0 Å². The van der Waals surface area contributed by atoms with Gasteiger partial charge in [0.2, 0.25) is 5.91 Å². The summed E-state index contributed by atoms with van der Waals surface area (Å²) < 4.78 is 0.868. The zero-order valence-electron chi connectivity index (χ0n) is 8.64. The highest BCUT2D eigenvalue weighted by Crippen LogP contribution is 2.38. The van der Waals surface area contributed by atoms with Gasteiger partial charge in [-0.3, -0.25) is 4.79 Å². The fourth-order valence-corrected chi connectivity index (χ4v) is 3.68. The molecule has 1 aromatic rings. The molecular weight excluding hydrogens is 357 g/mol. The molecule has 0 aliphatic carbocycles. The summed E-state index contributed by atoms with van der Waals surface area (Å²) in [5, 5.41) is 0.613. The number of anilines is 1. The molecule has 0 aromatic heterocycles. The standard InChI is InChI=1S/C11H10Br2ClNO/c1-6-2-8(13)11(9(14)3-6)15-5-7(12)4-10(15)16/h2-3,7H,4-5H2,1H3. The average molecular weight is 367 g/mol. The van der Waals surface area contributed by atoms with E-state index in [9.17, 15) is 4.79 Å². The summed E-state index contributed by atoms with van der Waals surface area (Å²) >= 11 is 13.1. The minimum atomic E-state index is 0.105. The predicted octanol–water partition coefficient (Wildman–Crippen LogP) is 3.91. The van der Waals surface area contributed by atoms with Crippen LogP contribution < -0.4 is 4.90 Å². The Morgan fingerprint density at radius 1 is 1.50 bits per heavy atom. The summed E-state index contributed by atoms with van der Waals surface area (Å²) in [6.45, 7) is 2.64. The SMILES string of the molecule is Cc1cc(Cl)c(N2CC(Br)CC2=O)c(Br)c1. The first-order valence-corrected chi connectivity index (χ1v) is 6.98. The van der Waals surface area contributed by atoms with Crippen LogP contribution in [0.25, 0.3) is 0 Å². The molecule has 1 aromatic carbocycles. The van der Waals surface area contributed by atoms with Gasteiger partial charge in [0.1, 0.15) is 0 Å². The van der Waals surface area contributed by atoms with E-state index in [2.05, 4.69) is 31.9 Å². The summed E-state index contributed by atoms with van der Waals surface area (Å²) in [4.78, 5) is 13.7. The molecule has 16 heavy (non-hydrogen) atoms. The van der Waals surface area contributed by atoms with Crippen molar-refractivity contribution in [3.05, 3.63) is 27.2 Å². The maximum absolute atomic E-state index is 11.8. The van der Waals surface area contributed by atoms with Gasteiger partial charge in [-0.05, 0) is 40.5 Å². The van der Waals surface area contributed by atoms with Crippen LogP contribution >= 0.6 is 43.5 Å². The Hall–Kier alpha value is -0.0600. The fraction of sp³-hybridized carbons (Fsp3) is 0.364. The first-order chi connectivity index (χ1) is 7.49. The van der Waals surface area contributed by atoms with Crippen molar-refractivity contribution in [2.75, 3.05) is 11.4 Å². The third kappa shape index (κ3) is 2.29. The van der Waals surface area contributed by atoms with E-state index in [4.69, 9.17) is 11.6 Å². The van der Waals surface area contributed by atoms with Crippen LogP contribution in [-0.4, -0.2) is 17.3 Å². The van der Waals surface area contributed by atoms with Crippen molar-refractivity contribution in [2.24, 2.45) is 0 Å². The second-order valence-corrected chi connectivity index (χ2v) is 6.44. The van der Waals surface area contributed by atoms with E-state index in [1.54, 1.807) is 4.90 Å². The molecule has 1 saturated heterocycles. The van der Waals surface area contributed by atoms with Crippen LogP contribution in [0.3, 0.4) is 0 Å². The average Bonchev–Trinajstić information content (AvgIpc) is 2.43. The summed E-state index contributed by atoms with van der Waals surface area (Å²) in [5.74, 6) is 0.105. The smallest absolute Gasteiger partial charge is 0.228 e. The third-order valence-electron chi connectivity index (χ3n) is 2.51. The molecular formula is C11H10Br2ClNO. The Morgan fingerprint density at radius 3 is 2.69 bits per heavy atom. The van der Waals surface area contributed by atoms with Gasteiger partial charge >= 0.3 is 0 Å². The lowest BCUT2D eigenvalue weighted by molar-refractivity contribution is -0.117. The number of benzene rings is 1. The molecule has 86 valence electrons. The molecule has 2 nitrogen and oxygen atoms in total. The Balaban J connectivity index is 2.44. The molecule has 1 unspecified atom stereocenters. The number of halogens is 3. The number of carbonyl (C=O) groups excluding carboxylic acids is 1. The molecule has 1 aliphatic heterocycles. The number of carbonyl (C=O) groups is 1. The number of hydrogen-bond acceptors (Lipinski definition) is 1. The van der Waals surface area contributed by atoms with Crippen LogP contribution in [0.5, 0.6) is 0 Å². The number of alkyl halides is 1. The van der Waals surface area contributed by atoms with Crippen LogP contribution in [0, 0.1) is 6.92 Å². The van der Waals surface area contributed by atoms with Crippen LogP contribution in [0.15, 0.2) is 16.6 Å². The number of nitrogens with zero attached hydrogens (tertiary/aromatic N) is 1. The zero-order valence-corrected chi connectivity index (χ0v) is 12.6. The Morgan fingerprint density at radius 2 is 2.19 bits per heavy atom. The molecule has 1 heterocycles. The van der Waals surface area contributed by atoms with Crippen LogP contribution in [0.4, 0.5) is 5.69 Å². The molecule has 0 saturated carbocycles. The van der Waals surface area contributed by atoms with Crippen molar-refractivity contribution in [2.45, 2.75) is 18.2 Å². The Labute approximate surface area is 116 Å². The largest absolute Gasteiger partial charge is 0.309 e. The van der Waals surface area contributed by atoms with E-state index in [1.807, 2.05) is 19.1 Å². The van der Waals surface area contributed by atoms with Crippen molar-refractivity contribution in [1.29, 1.82) is 0 Å². The van der Waals surface area contributed by atoms with Crippen molar-refractivity contribution < 1.29 is 4.79 Å². The van der Waals surface area contributed by atoms with Crippen molar-refractivity contribution in [1.82, 2.24) is 0 Å². The van der Waals surface area contributed by atoms with Gasteiger partial charge < -0.3 is 4.90 Å². The molecule has 0 bridgehead atoms. The van der Waals surface area contributed by atoms with Gasteiger partial charge in [0, 0.05) is 22.3 Å². The highest BCUT2D eigenvalue weighted by Gasteiger charge is 2.31. The molecule has 0 spiro atoms. The molecule has 0 N–H and O–H groups in total. The second kappa shape index (κ2) is 4.67. The van der Waals surface area contributed by atoms with Gasteiger partial charge in [0.05, 0.1) is 10.7 Å². The van der Waals surface area contributed by atoms with E-state index in [-0.39, 0.29) is 10.7 Å². The quantitative estimate of drug-likeness (QED) is 0.689. The molecule has 2 rings (SSSR count). The van der Waals surface area contributed by atoms with E-state index in [0.717, 1.165) is 15.7 Å². The zero-order chi connectivity index (χ0) is 11.9. The normalized spacial score (nSPS) is 20.6. The molecule has 1 atom stereocenters. The fourth-order valence-electron chi connectivity index (χ4n) is 1.83. The van der Waals surface area contributed by atoms with Gasteiger partial charge in [-0.15, -0.1) is 0 Å². The van der Waals surface area contributed by atoms with Crippen molar-refractivity contribution in [3.8, 4) is 0 Å². The maximum Gasteiger partial charge on any atom is 0.228 e. The first-order valence-electron chi connectivity index (χ1n) is 4.89. The third-order valence-corrected chi connectivity index (χ3v) is 4.01. The number of aryl methyl sites for hydroxylation is 1. The minimum Gasteiger partial charge on any atom is -0.309 e. The topological polar surface area (TPSA) is 20.3 Å². The van der Waals surface area contributed by atoms with E-state index in [1.165, 1.54) is 0 Å². The molecule has 1 fully saturated rings. The Kier molecular flexibility index (Phi) is 3.62. The first kappa shape index (κ1) is 12.4. The van der Waals surface area contributed by atoms with Gasteiger partial charge in [-0.1, -0.05) is 27.5 Å². The van der Waals surface area contributed by atoms with Gasteiger partial charge in [0.15, 0.2) is 0 Å². The lowest BCUT2D eigenvalue weighted by Gasteiger charge is -2.19. The van der Waals surface area contributed by atoms with Gasteiger partial charge in [-0.2, -0.15) is 0 Å². The summed E-state index contributed by atoms with van der Waals surface area (Å²) in [6.07, 6.45) is 0.524. The van der Waals surface area contributed by atoms with Crippen LogP contribution in [-0.2, 0) is 4.79 Å². The van der Waals surface area contributed by atoms with Crippen LogP contribution in [0.2, 0.25) is 5.02 Å². The maximum atomic E-state index is 11.8. The lowest BCUT2D eigenvalue weighted by atomic mass is 10.2. The lowest BCUT2D eigenvalue weighted by Crippen LogP contribution is -2.25. The number of amides is 1. The molecule has 0 radical (unpaired) electrons. The van der Waals surface area contributed by atoms with Gasteiger partial charge in [0.25, 0.3) is 0 Å². The predicted molar refractivity (Wildman–Crippen MR) is 73.6 cm³/mol. The van der Waals surface area contributed by atoms with Crippen molar-refractivity contribution >= 4 is 55.1 Å². The summed E-state index contributed by atoms with van der Waals surface area (Å²) in [6, 6.07) is 3.84. The second-order valence-electron chi connectivity index (χ2n) is 3.88. The monoisotopic (exact) mass is 365 g/mol. The van der Waals surface area contributed by atoms with E-state index < -0.39 is 0 Å².